The fraction of sp³-hybridized carbons (Fsp3) is 0.235. The van der Waals surface area contributed by atoms with Gasteiger partial charge in [-0.2, -0.15) is 0 Å². The van der Waals surface area contributed by atoms with E-state index in [1.165, 1.54) is 0 Å². The quantitative estimate of drug-likeness (QED) is 0.458. The molecule has 0 bridgehead atoms. The highest BCUT2D eigenvalue weighted by atomic mass is 16.5. The number of ether oxygens (including phenoxy) is 1. The van der Waals surface area contributed by atoms with Crippen molar-refractivity contribution in [2.24, 2.45) is 0 Å². The van der Waals surface area contributed by atoms with E-state index in [2.05, 4.69) is 0 Å². The van der Waals surface area contributed by atoms with E-state index in [4.69, 9.17) is 9.15 Å². The normalized spacial score (nSPS) is 21.1. The van der Waals surface area contributed by atoms with Crippen LogP contribution in [-0.4, -0.2) is 6.10 Å². The van der Waals surface area contributed by atoms with Crippen molar-refractivity contribution >= 4 is 21.7 Å². The zero-order valence-electron chi connectivity index (χ0n) is 11.3. The van der Waals surface area contributed by atoms with Crippen molar-refractivity contribution < 1.29 is 9.15 Å². The molecule has 0 amide bonds. The summed E-state index contributed by atoms with van der Waals surface area (Å²) in [4.78, 5) is 12.3. The molecule has 3 heteroatoms. The molecule has 0 unspecified atom stereocenters. The Morgan fingerprint density at radius 3 is 2.65 bits per heavy atom. The third-order valence-electron chi connectivity index (χ3n) is 4.25. The number of hydrogen-bond acceptors (Lipinski definition) is 3. The van der Waals surface area contributed by atoms with Gasteiger partial charge in [-0.15, -0.1) is 0 Å². The average Bonchev–Trinajstić information content (AvgIpc) is 2.76. The van der Waals surface area contributed by atoms with Crippen LogP contribution >= 0.6 is 0 Å². The van der Waals surface area contributed by atoms with E-state index in [1.807, 2.05) is 50.2 Å². The van der Waals surface area contributed by atoms with Gasteiger partial charge in [0.15, 0.2) is 0 Å². The molecule has 20 heavy (non-hydrogen) atoms. The van der Waals surface area contributed by atoms with Gasteiger partial charge in [-0.05, 0) is 18.4 Å². The van der Waals surface area contributed by atoms with Crippen LogP contribution in [-0.2, 0) is 0 Å². The zero-order valence-corrected chi connectivity index (χ0v) is 11.3. The summed E-state index contributed by atoms with van der Waals surface area (Å²) in [7, 11) is 0. The van der Waals surface area contributed by atoms with Crippen LogP contribution in [0.4, 0.5) is 0 Å². The summed E-state index contributed by atoms with van der Waals surface area (Å²) >= 11 is 0. The predicted molar refractivity (Wildman–Crippen MR) is 78.5 cm³/mol. The van der Waals surface area contributed by atoms with Gasteiger partial charge in [-0.1, -0.05) is 37.3 Å². The lowest BCUT2D eigenvalue weighted by molar-refractivity contribution is 0.234. The van der Waals surface area contributed by atoms with Gasteiger partial charge in [-0.3, -0.25) is 0 Å². The van der Waals surface area contributed by atoms with Gasteiger partial charge in [0.05, 0.1) is 10.9 Å². The van der Waals surface area contributed by atoms with Gasteiger partial charge in [0, 0.05) is 11.3 Å². The molecular formula is C17H14O3. The number of fused-ring (bicyclic) bond motifs is 5. The van der Waals surface area contributed by atoms with Crippen LogP contribution in [0.2, 0.25) is 0 Å². The first-order chi connectivity index (χ1) is 9.66. The first-order valence-electron chi connectivity index (χ1n) is 6.82. The highest BCUT2D eigenvalue weighted by molar-refractivity contribution is 6.06. The van der Waals surface area contributed by atoms with E-state index in [1.54, 1.807) is 0 Å². The summed E-state index contributed by atoms with van der Waals surface area (Å²) in [6.07, 6.45) is 0.00460. The molecule has 2 atom stereocenters. The Morgan fingerprint density at radius 1 is 1.00 bits per heavy atom. The SMILES string of the molecule is C[C@@H]1Oc2c(c(=O)oc3c2ccc2ccccc23)[C@H]1C. The lowest BCUT2D eigenvalue weighted by atomic mass is 9.98. The van der Waals surface area contributed by atoms with Crippen LogP contribution in [0.1, 0.15) is 25.3 Å². The molecule has 3 nitrogen and oxygen atoms in total. The van der Waals surface area contributed by atoms with E-state index in [9.17, 15) is 4.79 Å². The molecule has 0 fully saturated rings. The van der Waals surface area contributed by atoms with Crippen molar-refractivity contribution in [3.8, 4) is 5.75 Å². The third-order valence-corrected chi connectivity index (χ3v) is 4.25. The molecule has 0 N–H and O–H groups in total. The smallest absolute Gasteiger partial charge is 0.343 e. The van der Waals surface area contributed by atoms with E-state index in [0.717, 1.165) is 16.2 Å². The molecule has 0 aliphatic carbocycles. The monoisotopic (exact) mass is 266 g/mol. The molecule has 2 aromatic carbocycles. The van der Waals surface area contributed by atoms with Gasteiger partial charge in [0.25, 0.3) is 0 Å². The molecule has 1 aliphatic rings. The van der Waals surface area contributed by atoms with Crippen molar-refractivity contribution in [1.82, 2.24) is 0 Å². The average molecular weight is 266 g/mol. The molecule has 0 radical (unpaired) electrons. The molecular weight excluding hydrogens is 252 g/mol. The van der Waals surface area contributed by atoms with Crippen molar-refractivity contribution in [3.63, 3.8) is 0 Å². The molecule has 4 rings (SSSR count). The zero-order chi connectivity index (χ0) is 13.9. The maximum Gasteiger partial charge on any atom is 0.343 e. The van der Waals surface area contributed by atoms with Crippen LogP contribution < -0.4 is 10.4 Å². The van der Waals surface area contributed by atoms with Crippen LogP contribution in [0.3, 0.4) is 0 Å². The summed E-state index contributed by atoms with van der Waals surface area (Å²) in [6.45, 7) is 3.98. The summed E-state index contributed by atoms with van der Waals surface area (Å²) in [5.41, 5.74) is 1.01. The number of hydrogen-bond donors (Lipinski definition) is 0. The fourth-order valence-electron chi connectivity index (χ4n) is 2.96. The Balaban J connectivity index is 2.20. The second-order valence-electron chi connectivity index (χ2n) is 5.41. The topological polar surface area (TPSA) is 39.4 Å². The third kappa shape index (κ3) is 1.38. The second kappa shape index (κ2) is 3.85. The highest BCUT2D eigenvalue weighted by Crippen LogP contribution is 2.41. The first kappa shape index (κ1) is 11.5. The number of rotatable bonds is 0. The van der Waals surface area contributed by atoms with Gasteiger partial charge in [0.2, 0.25) is 0 Å². The van der Waals surface area contributed by atoms with Gasteiger partial charge < -0.3 is 9.15 Å². The second-order valence-corrected chi connectivity index (χ2v) is 5.41. The van der Waals surface area contributed by atoms with Crippen LogP contribution in [0.15, 0.2) is 45.6 Å². The van der Waals surface area contributed by atoms with E-state index in [-0.39, 0.29) is 17.6 Å². The molecule has 100 valence electrons. The summed E-state index contributed by atoms with van der Waals surface area (Å²) in [6, 6.07) is 11.9. The molecule has 1 aliphatic heterocycles. The highest BCUT2D eigenvalue weighted by Gasteiger charge is 2.33. The van der Waals surface area contributed by atoms with Gasteiger partial charge in [-0.25, -0.2) is 4.79 Å². The van der Waals surface area contributed by atoms with Crippen molar-refractivity contribution in [1.29, 1.82) is 0 Å². The minimum Gasteiger partial charge on any atom is -0.489 e. The van der Waals surface area contributed by atoms with Crippen molar-refractivity contribution in [2.75, 3.05) is 0 Å². The predicted octanol–water partition coefficient (Wildman–Crippen LogP) is 3.83. The van der Waals surface area contributed by atoms with Crippen LogP contribution in [0.25, 0.3) is 21.7 Å². The Kier molecular flexibility index (Phi) is 2.22. The molecule has 0 saturated carbocycles. The lowest BCUT2D eigenvalue weighted by Gasteiger charge is -2.07. The fourth-order valence-corrected chi connectivity index (χ4v) is 2.96. The molecule has 0 spiro atoms. The summed E-state index contributed by atoms with van der Waals surface area (Å²) < 4.78 is 11.5. The van der Waals surface area contributed by atoms with Crippen molar-refractivity contribution in [2.45, 2.75) is 25.9 Å². The Labute approximate surface area is 115 Å². The van der Waals surface area contributed by atoms with Crippen LogP contribution in [0, 0.1) is 0 Å². The Morgan fingerprint density at radius 2 is 1.80 bits per heavy atom. The van der Waals surface area contributed by atoms with Crippen molar-refractivity contribution in [3.05, 3.63) is 52.4 Å². The Bertz CT molecular complexity index is 892. The van der Waals surface area contributed by atoms with Gasteiger partial charge in [0.1, 0.15) is 17.4 Å². The molecule has 2 heterocycles. The summed E-state index contributed by atoms with van der Waals surface area (Å²) in [5, 5.41) is 2.89. The maximum absolute atomic E-state index is 12.3. The number of benzene rings is 2. The minimum atomic E-state index is -0.277. The molecule has 1 aromatic heterocycles. The van der Waals surface area contributed by atoms with Crippen LogP contribution in [0.5, 0.6) is 5.75 Å². The Hall–Kier alpha value is -2.29. The van der Waals surface area contributed by atoms with Gasteiger partial charge >= 0.3 is 5.63 Å². The standard InChI is InChI=1S/C17H14O3/c1-9-10(2)19-16-13-8-7-11-5-3-4-6-12(11)15(13)20-17(18)14(9)16/h3-10H,1-2H3/t9-,10-/m0/s1. The summed E-state index contributed by atoms with van der Waals surface area (Å²) in [5.74, 6) is 0.763. The largest absolute Gasteiger partial charge is 0.489 e. The maximum atomic E-state index is 12.3. The van der Waals surface area contributed by atoms with E-state index in [0.29, 0.717) is 16.9 Å². The lowest BCUT2D eigenvalue weighted by Crippen LogP contribution is -2.14. The van der Waals surface area contributed by atoms with E-state index < -0.39 is 0 Å². The van der Waals surface area contributed by atoms with E-state index >= 15 is 0 Å². The molecule has 0 saturated heterocycles. The molecule has 3 aromatic rings. The first-order valence-corrected chi connectivity index (χ1v) is 6.82. The minimum absolute atomic E-state index is 0.00460.